The first-order valence-electron chi connectivity index (χ1n) is 15.4. The first kappa shape index (κ1) is 42.0. The van der Waals surface area contributed by atoms with Gasteiger partial charge in [-0.05, 0) is 118 Å². The second kappa shape index (κ2) is 16.0. The summed E-state index contributed by atoms with van der Waals surface area (Å²) in [5.41, 5.74) is -0.795. The van der Waals surface area contributed by atoms with Gasteiger partial charge in [-0.25, -0.2) is 0 Å². The highest BCUT2D eigenvalue weighted by molar-refractivity contribution is 6.71. The zero-order valence-electron chi connectivity index (χ0n) is 30.5. The number of ether oxygens (including phenoxy) is 1. The molecular weight excluding hydrogens is 617 g/mol. The molecule has 0 aromatic heterocycles. The smallest absolute Gasteiger partial charge is 0.183 e. The molecule has 41 heavy (non-hydrogen) atoms. The Bertz CT molecular complexity index is 589. The Hall–Kier alpha value is 1.02. The van der Waals surface area contributed by atoms with E-state index in [2.05, 4.69) is 118 Å². The lowest BCUT2D eigenvalue weighted by atomic mass is 9.91. The van der Waals surface area contributed by atoms with Crippen LogP contribution in [0.15, 0.2) is 0 Å². The fourth-order valence-corrected chi connectivity index (χ4v) is 7.64. The predicted molar refractivity (Wildman–Crippen MR) is 191 cm³/mol. The molecule has 0 aromatic rings. The van der Waals surface area contributed by atoms with Crippen molar-refractivity contribution in [3.8, 4) is 0 Å². The van der Waals surface area contributed by atoms with Crippen LogP contribution in [-0.4, -0.2) is 103 Å². The van der Waals surface area contributed by atoms with Crippen LogP contribution in [0.5, 0.6) is 0 Å². The molecule has 0 N–H and O–H groups in total. The first-order valence-corrected chi connectivity index (χ1v) is 35.8. The summed E-state index contributed by atoms with van der Waals surface area (Å²) in [6.07, 6.45) is 0. The minimum Gasteiger partial charge on any atom is -0.417 e. The Morgan fingerprint density at radius 3 is 0.537 bits per heavy atom. The van der Waals surface area contributed by atoms with E-state index in [4.69, 9.17) is 31.3 Å². The fraction of sp³-hybridized carbons (Fsp3) is 1.00. The first-order chi connectivity index (χ1) is 17.9. The van der Waals surface area contributed by atoms with Crippen LogP contribution in [0.3, 0.4) is 0 Å². The van der Waals surface area contributed by atoms with Crippen LogP contribution in [-0.2, 0) is 31.3 Å². The van der Waals surface area contributed by atoms with E-state index >= 15 is 0 Å². The molecule has 0 atom stereocenters. The standard InChI is InChI=1S/C28H70O7Si6/c1-36(2,3)30-21-27(22-31-37(4,5)6,23-32-38(7,8)9)19-29-20-28(24-33-39(10,11)12,25-34-40(13,14)15)26-35-41(16,17)18/h19-26H2,1-18H3. The van der Waals surface area contributed by atoms with E-state index in [-0.39, 0.29) is 0 Å². The molecule has 0 radical (unpaired) electrons. The molecule has 0 heterocycles. The number of rotatable bonds is 22. The summed E-state index contributed by atoms with van der Waals surface area (Å²) in [6, 6.07) is 0. The van der Waals surface area contributed by atoms with Gasteiger partial charge in [0.1, 0.15) is 0 Å². The summed E-state index contributed by atoms with van der Waals surface area (Å²) in [7, 11) is -10.7. The molecule has 248 valence electrons. The van der Waals surface area contributed by atoms with Gasteiger partial charge in [-0.3, -0.25) is 0 Å². The zero-order valence-corrected chi connectivity index (χ0v) is 36.5. The van der Waals surface area contributed by atoms with Crippen LogP contribution in [0.1, 0.15) is 0 Å². The molecule has 0 aromatic carbocycles. The predicted octanol–water partition coefficient (Wildman–Crippen LogP) is 8.08. The molecule has 0 bridgehead atoms. The molecule has 13 heteroatoms. The van der Waals surface area contributed by atoms with Crippen molar-refractivity contribution in [3.63, 3.8) is 0 Å². The molecule has 0 rings (SSSR count). The summed E-state index contributed by atoms with van der Waals surface area (Å²) >= 11 is 0. The molecule has 0 unspecified atom stereocenters. The van der Waals surface area contributed by atoms with Crippen molar-refractivity contribution < 1.29 is 31.3 Å². The molecule has 7 nitrogen and oxygen atoms in total. The Labute approximate surface area is 261 Å². The van der Waals surface area contributed by atoms with E-state index in [0.29, 0.717) is 52.9 Å². The SMILES string of the molecule is C[Si](C)(C)OCC(COCC(CO[Si](C)(C)C)(CO[Si](C)(C)C)CO[Si](C)(C)C)(CO[Si](C)(C)C)CO[Si](C)(C)C. The minimum absolute atomic E-state index is 0.397. The molecule has 0 saturated heterocycles. The quantitative estimate of drug-likeness (QED) is 0.107. The molecule has 0 aliphatic heterocycles. The van der Waals surface area contributed by atoms with Crippen molar-refractivity contribution in [3.05, 3.63) is 0 Å². The maximum absolute atomic E-state index is 6.77. The Morgan fingerprint density at radius 2 is 0.415 bits per heavy atom. The van der Waals surface area contributed by atoms with E-state index in [1.165, 1.54) is 0 Å². The van der Waals surface area contributed by atoms with Gasteiger partial charge >= 0.3 is 0 Å². The highest BCUT2D eigenvalue weighted by Gasteiger charge is 2.41. The summed E-state index contributed by atoms with van der Waals surface area (Å²) in [5, 5.41) is 0. The van der Waals surface area contributed by atoms with Crippen molar-refractivity contribution in [1.82, 2.24) is 0 Å². The van der Waals surface area contributed by atoms with Crippen molar-refractivity contribution in [2.75, 3.05) is 52.9 Å². The molecular formula is C28H70O7Si6. The van der Waals surface area contributed by atoms with Crippen LogP contribution in [0, 0.1) is 10.8 Å². The van der Waals surface area contributed by atoms with E-state index in [1.807, 2.05) is 0 Å². The van der Waals surface area contributed by atoms with Crippen molar-refractivity contribution in [2.24, 2.45) is 10.8 Å². The lowest BCUT2D eigenvalue weighted by molar-refractivity contribution is -0.0914. The third-order valence-electron chi connectivity index (χ3n) is 5.68. The fourth-order valence-electron chi connectivity index (χ4n) is 3.20. The van der Waals surface area contributed by atoms with E-state index < -0.39 is 60.7 Å². The van der Waals surface area contributed by atoms with Crippen molar-refractivity contribution in [2.45, 2.75) is 118 Å². The molecule has 0 saturated carbocycles. The lowest BCUT2D eigenvalue weighted by Gasteiger charge is -2.41. The maximum atomic E-state index is 6.77. The lowest BCUT2D eigenvalue weighted by Crippen LogP contribution is -2.51. The minimum atomic E-state index is -1.78. The normalized spacial score (nSPS) is 15.1. The van der Waals surface area contributed by atoms with Gasteiger partial charge in [0.15, 0.2) is 49.9 Å². The molecule has 0 fully saturated rings. The van der Waals surface area contributed by atoms with E-state index in [1.54, 1.807) is 0 Å². The molecule has 0 spiro atoms. The van der Waals surface area contributed by atoms with Gasteiger partial charge in [0.2, 0.25) is 0 Å². The van der Waals surface area contributed by atoms with Gasteiger partial charge in [-0.2, -0.15) is 0 Å². The van der Waals surface area contributed by atoms with E-state index in [0.717, 1.165) is 0 Å². The van der Waals surface area contributed by atoms with Crippen molar-refractivity contribution in [1.29, 1.82) is 0 Å². The van der Waals surface area contributed by atoms with Gasteiger partial charge in [0.05, 0.1) is 24.0 Å². The third kappa shape index (κ3) is 24.0. The third-order valence-corrected chi connectivity index (χ3v) is 11.7. The highest BCUT2D eigenvalue weighted by atomic mass is 28.4. The number of hydrogen-bond donors (Lipinski definition) is 0. The molecule has 0 amide bonds. The molecule has 0 aliphatic rings. The second-order valence-electron chi connectivity index (χ2n) is 17.9. The van der Waals surface area contributed by atoms with Crippen LogP contribution in [0.4, 0.5) is 0 Å². The average Bonchev–Trinajstić information content (AvgIpc) is 2.72. The number of hydrogen-bond acceptors (Lipinski definition) is 7. The highest BCUT2D eigenvalue weighted by Crippen LogP contribution is 2.30. The summed E-state index contributed by atoms with van der Waals surface area (Å²) in [5.74, 6) is 0. The van der Waals surface area contributed by atoms with Crippen LogP contribution in [0.25, 0.3) is 0 Å². The van der Waals surface area contributed by atoms with Crippen LogP contribution < -0.4 is 0 Å². The van der Waals surface area contributed by atoms with Gasteiger partial charge in [-0.15, -0.1) is 0 Å². The second-order valence-corrected chi connectivity index (χ2v) is 45.0. The van der Waals surface area contributed by atoms with Crippen LogP contribution >= 0.6 is 0 Å². The topological polar surface area (TPSA) is 64.6 Å². The van der Waals surface area contributed by atoms with Gasteiger partial charge < -0.3 is 31.3 Å². The van der Waals surface area contributed by atoms with Crippen LogP contribution in [0.2, 0.25) is 118 Å². The molecule has 0 aliphatic carbocycles. The van der Waals surface area contributed by atoms with Gasteiger partial charge in [-0.1, -0.05) is 0 Å². The van der Waals surface area contributed by atoms with Crippen molar-refractivity contribution >= 4 is 49.9 Å². The maximum Gasteiger partial charge on any atom is 0.183 e. The summed E-state index contributed by atoms with van der Waals surface area (Å²) in [6.45, 7) is 44.6. The summed E-state index contributed by atoms with van der Waals surface area (Å²) in [4.78, 5) is 0. The van der Waals surface area contributed by atoms with Gasteiger partial charge in [0, 0.05) is 39.6 Å². The Balaban J connectivity index is 6.34. The van der Waals surface area contributed by atoms with E-state index in [9.17, 15) is 0 Å². The average molecular weight is 687 g/mol. The monoisotopic (exact) mass is 686 g/mol. The summed E-state index contributed by atoms with van der Waals surface area (Å²) < 4.78 is 46.1. The van der Waals surface area contributed by atoms with Gasteiger partial charge in [0.25, 0.3) is 0 Å². The zero-order chi connectivity index (χ0) is 32.6. The Morgan fingerprint density at radius 1 is 0.268 bits per heavy atom. The Kier molecular flexibility index (Phi) is 16.4. The largest absolute Gasteiger partial charge is 0.417 e.